The molecule has 3 heterocycles. The standard InChI is InChI=1S/C21H33N7O.HI/c1-4-22-21(25-16-19(17(2)3)27-10-12-29-13-11-27)24-15-18-6-8-23-20(14-18)28-9-5-7-26-28;/h5-9,14,17,19H,4,10-13,15-16H2,1-3H3,(H2,22,24,25);1H. The Balaban J connectivity index is 0.00000320. The highest BCUT2D eigenvalue weighted by molar-refractivity contribution is 14.0. The number of ether oxygens (including phenoxy) is 1. The van der Waals surface area contributed by atoms with Gasteiger partial charge < -0.3 is 15.4 Å². The molecule has 0 spiro atoms. The molecule has 2 aromatic heterocycles. The van der Waals surface area contributed by atoms with Crippen LogP contribution >= 0.6 is 24.0 Å². The number of rotatable bonds is 8. The van der Waals surface area contributed by atoms with Crippen molar-refractivity contribution < 1.29 is 4.74 Å². The van der Waals surface area contributed by atoms with Crippen molar-refractivity contribution in [3.05, 3.63) is 42.4 Å². The van der Waals surface area contributed by atoms with Crippen LogP contribution in [0.1, 0.15) is 26.3 Å². The number of aromatic nitrogens is 3. The Bertz CT molecular complexity index is 760. The fourth-order valence-corrected chi connectivity index (χ4v) is 3.50. The Morgan fingerprint density at radius 3 is 2.70 bits per heavy atom. The van der Waals surface area contributed by atoms with Crippen LogP contribution in [-0.2, 0) is 11.3 Å². The summed E-state index contributed by atoms with van der Waals surface area (Å²) in [5, 5.41) is 11.1. The molecule has 1 aliphatic heterocycles. The molecule has 1 saturated heterocycles. The third kappa shape index (κ3) is 7.21. The summed E-state index contributed by atoms with van der Waals surface area (Å²) in [4.78, 5) is 11.7. The van der Waals surface area contributed by atoms with E-state index in [4.69, 9.17) is 9.73 Å². The van der Waals surface area contributed by atoms with E-state index in [1.807, 2.05) is 24.4 Å². The SMILES string of the molecule is CCNC(=NCc1ccnc(-n2cccn2)c1)NCC(C(C)C)N1CCOCC1.I. The lowest BCUT2D eigenvalue weighted by Crippen LogP contribution is -2.52. The van der Waals surface area contributed by atoms with Crippen LogP contribution in [-0.4, -0.2) is 71.1 Å². The Morgan fingerprint density at radius 1 is 1.23 bits per heavy atom. The number of hydrogen-bond donors (Lipinski definition) is 2. The minimum absolute atomic E-state index is 0. The number of halogens is 1. The fraction of sp³-hybridized carbons (Fsp3) is 0.571. The van der Waals surface area contributed by atoms with Crippen LogP contribution in [0.5, 0.6) is 0 Å². The van der Waals surface area contributed by atoms with Gasteiger partial charge in [0.1, 0.15) is 0 Å². The van der Waals surface area contributed by atoms with E-state index in [1.54, 1.807) is 17.1 Å². The molecule has 9 heteroatoms. The van der Waals surface area contributed by atoms with Gasteiger partial charge >= 0.3 is 0 Å². The van der Waals surface area contributed by atoms with E-state index in [1.165, 1.54) is 0 Å². The molecule has 1 fully saturated rings. The first-order valence-corrected chi connectivity index (χ1v) is 10.5. The average Bonchev–Trinajstić information content (AvgIpc) is 3.28. The largest absolute Gasteiger partial charge is 0.379 e. The molecule has 0 aromatic carbocycles. The summed E-state index contributed by atoms with van der Waals surface area (Å²) in [5.41, 5.74) is 1.09. The molecule has 2 aromatic rings. The maximum absolute atomic E-state index is 5.51. The highest BCUT2D eigenvalue weighted by Crippen LogP contribution is 2.12. The monoisotopic (exact) mass is 527 g/mol. The van der Waals surface area contributed by atoms with Crippen LogP contribution in [0.4, 0.5) is 0 Å². The summed E-state index contributed by atoms with van der Waals surface area (Å²) in [6.45, 7) is 12.5. The van der Waals surface area contributed by atoms with Gasteiger partial charge in [-0.05, 0) is 36.6 Å². The second-order valence-corrected chi connectivity index (χ2v) is 7.51. The third-order valence-corrected chi connectivity index (χ3v) is 5.08. The van der Waals surface area contributed by atoms with Gasteiger partial charge in [0.25, 0.3) is 0 Å². The first-order valence-electron chi connectivity index (χ1n) is 10.5. The van der Waals surface area contributed by atoms with E-state index < -0.39 is 0 Å². The van der Waals surface area contributed by atoms with E-state index in [0.29, 0.717) is 18.5 Å². The maximum Gasteiger partial charge on any atom is 0.191 e. The highest BCUT2D eigenvalue weighted by atomic mass is 127. The summed E-state index contributed by atoms with van der Waals surface area (Å²) in [6.07, 6.45) is 5.44. The summed E-state index contributed by atoms with van der Waals surface area (Å²) in [5.74, 6) is 2.19. The number of nitrogens with zero attached hydrogens (tertiary/aromatic N) is 5. The lowest BCUT2D eigenvalue weighted by atomic mass is 10.0. The zero-order chi connectivity index (χ0) is 20.5. The summed E-state index contributed by atoms with van der Waals surface area (Å²) in [7, 11) is 0. The maximum atomic E-state index is 5.51. The normalized spacial score (nSPS) is 16.2. The van der Waals surface area contributed by atoms with Gasteiger partial charge in [-0.3, -0.25) is 4.90 Å². The van der Waals surface area contributed by atoms with Gasteiger partial charge in [0.2, 0.25) is 0 Å². The number of aliphatic imine (C=N–C) groups is 1. The Morgan fingerprint density at radius 2 is 2.03 bits per heavy atom. The molecule has 1 atom stereocenters. The second-order valence-electron chi connectivity index (χ2n) is 7.51. The van der Waals surface area contributed by atoms with Crippen molar-refractivity contribution in [2.45, 2.75) is 33.4 Å². The Kier molecular flexibility index (Phi) is 10.5. The number of morpholine rings is 1. The molecular formula is C21H34IN7O. The molecule has 0 amide bonds. The first-order chi connectivity index (χ1) is 14.2. The average molecular weight is 527 g/mol. The van der Waals surface area contributed by atoms with Crippen LogP contribution in [0.15, 0.2) is 41.8 Å². The molecule has 1 unspecified atom stereocenters. The predicted octanol–water partition coefficient (Wildman–Crippen LogP) is 2.30. The van der Waals surface area contributed by atoms with Crippen molar-refractivity contribution in [3.63, 3.8) is 0 Å². The van der Waals surface area contributed by atoms with E-state index in [2.05, 4.69) is 46.4 Å². The second kappa shape index (κ2) is 12.9. The number of pyridine rings is 1. The van der Waals surface area contributed by atoms with Gasteiger partial charge in [-0.25, -0.2) is 14.7 Å². The van der Waals surface area contributed by atoms with Crippen molar-refractivity contribution in [2.75, 3.05) is 39.4 Å². The number of nitrogens with one attached hydrogen (secondary N) is 2. The van der Waals surface area contributed by atoms with Crippen LogP contribution in [0.2, 0.25) is 0 Å². The topological polar surface area (TPSA) is 79.6 Å². The van der Waals surface area contributed by atoms with Crippen LogP contribution in [0.3, 0.4) is 0 Å². The molecular weight excluding hydrogens is 493 g/mol. The number of guanidine groups is 1. The summed E-state index contributed by atoms with van der Waals surface area (Å²) < 4.78 is 7.26. The van der Waals surface area contributed by atoms with Crippen molar-refractivity contribution >= 4 is 29.9 Å². The Labute approximate surface area is 196 Å². The highest BCUT2D eigenvalue weighted by Gasteiger charge is 2.23. The van der Waals surface area contributed by atoms with Crippen molar-refractivity contribution in [3.8, 4) is 5.82 Å². The van der Waals surface area contributed by atoms with E-state index in [-0.39, 0.29) is 24.0 Å². The Hall–Kier alpha value is -1.72. The zero-order valence-corrected chi connectivity index (χ0v) is 20.5. The molecule has 8 nitrogen and oxygen atoms in total. The number of hydrogen-bond acceptors (Lipinski definition) is 5. The van der Waals surface area contributed by atoms with Gasteiger partial charge in [-0.1, -0.05) is 13.8 Å². The van der Waals surface area contributed by atoms with E-state index in [0.717, 1.165) is 56.7 Å². The molecule has 166 valence electrons. The van der Waals surface area contributed by atoms with Gasteiger partial charge in [0.15, 0.2) is 11.8 Å². The van der Waals surface area contributed by atoms with Gasteiger partial charge in [0.05, 0.1) is 19.8 Å². The zero-order valence-electron chi connectivity index (χ0n) is 18.1. The predicted molar refractivity (Wildman–Crippen MR) is 131 cm³/mol. The molecule has 30 heavy (non-hydrogen) atoms. The van der Waals surface area contributed by atoms with Gasteiger partial charge in [0, 0.05) is 50.8 Å². The molecule has 0 bridgehead atoms. The molecule has 0 saturated carbocycles. The van der Waals surface area contributed by atoms with E-state index >= 15 is 0 Å². The molecule has 2 N–H and O–H groups in total. The molecule has 0 aliphatic carbocycles. The fourth-order valence-electron chi connectivity index (χ4n) is 3.50. The quantitative estimate of drug-likeness (QED) is 0.312. The third-order valence-electron chi connectivity index (χ3n) is 5.08. The van der Waals surface area contributed by atoms with Crippen LogP contribution < -0.4 is 10.6 Å². The summed E-state index contributed by atoms with van der Waals surface area (Å²) >= 11 is 0. The lowest BCUT2D eigenvalue weighted by molar-refractivity contribution is 0.00752. The van der Waals surface area contributed by atoms with Gasteiger partial charge in [-0.2, -0.15) is 5.10 Å². The van der Waals surface area contributed by atoms with Crippen molar-refractivity contribution in [1.29, 1.82) is 0 Å². The van der Waals surface area contributed by atoms with Crippen molar-refractivity contribution in [1.82, 2.24) is 30.3 Å². The molecule has 0 radical (unpaired) electrons. The van der Waals surface area contributed by atoms with Gasteiger partial charge in [-0.15, -0.1) is 24.0 Å². The minimum Gasteiger partial charge on any atom is -0.379 e. The minimum atomic E-state index is 0. The van der Waals surface area contributed by atoms with Crippen molar-refractivity contribution in [2.24, 2.45) is 10.9 Å². The molecule has 3 rings (SSSR count). The first kappa shape index (κ1) is 24.5. The van der Waals surface area contributed by atoms with Crippen LogP contribution in [0.25, 0.3) is 5.82 Å². The lowest BCUT2D eigenvalue weighted by Gasteiger charge is -2.37. The van der Waals surface area contributed by atoms with E-state index in [9.17, 15) is 0 Å². The van der Waals surface area contributed by atoms with Crippen LogP contribution in [0, 0.1) is 5.92 Å². The summed E-state index contributed by atoms with van der Waals surface area (Å²) in [6, 6.07) is 6.35. The molecule has 1 aliphatic rings. The smallest absolute Gasteiger partial charge is 0.191 e.